The molecule has 0 spiro atoms. The van der Waals surface area contributed by atoms with Crippen molar-refractivity contribution in [3.05, 3.63) is 41.4 Å². The van der Waals surface area contributed by atoms with E-state index < -0.39 is 18.1 Å². The number of aromatic nitrogens is 3. The van der Waals surface area contributed by atoms with Gasteiger partial charge in [-0.25, -0.2) is 4.79 Å². The molecule has 0 unspecified atom stereocenters. The smallest absolute Gasteiger partial charge is 0.430 e. The molecule has 0 amide bonds. The lowest BCUT2D eigenvalue weighted by Gasteiger charge is -2.03. The first-order valence-corrected chi connectivity index (χ1v) is 6.86. The Morgan fingerprint density at radius 3 is 2.33 bits per heavy atom. The molecule has 0 atom stereocenters. The maximum Gasteiger partial charge on any atom is 0.430 e. The Morgan fingerprint density at radius 1 is 1.29 bits per heavy atom. The molecule has 0 bridgehead atoms. The molecular formula is C13H9BrF3N3O4. The van der Waals surface area contributed by atoms with E-state index in [1.165, 1.54) is 0 Å². The summed E-state index contributed by atoms with van der Waals surface area (Å²) in [6.07, 6.45) is 1.51. The van der Waals surface area contributed by atoms with E-state index in [1.54, 1.807) is 29.4 Å². The molecular weight excluding hydrogens is 399 g/mol. The highest BCUT2D eigenvalue weighted by Gasteiger charge is 2.28. The zero-order chi connectivity index (χ0) is 18.3. The normalized spacial score (nSPS) is 10.5. The van der Waals surface area contributed by atoms with E-state index in [0.29, 0.717) is 0 Å². The number of rotatable bonds is 3. The van der Waals surface area contributed by atoms with Crippen molar-refractivity contribution in [2.75, 3.05) is 0 Å². The summed E-state index contributed by atoms with van der Waals surface area (Å²) in [4.78, 5) is 19.4. The molecule has 1 N–H and O–H groups in total. The molecule has 2 aromatic rings. The van der Waals surface area contributed by atoms with Gasteiger partial charge < -0.3 is 15.0 Å². The molecule has 24 heavy (non-hydrogen) atoms. The Morgan fingerprint density at radius 2 is 1.92 bits per heavy atom. The summed E-state index contributed by atoms with van der Waals surface area (Å²) in [6, 6.07) is 3.68. The highest BCUT2D eigenvalue weighted by molar-refractivity contribution is 9.10. The van der Waals surface area contributed by atoms with Crippen LogP contribution in [0.3, 0.4) is 0 Å². The lowest BCUT2D eigenvalue weighted by Crippen LogP contribution is -2.37. The highest BCUT2D eigenvalue weighted by atomic mass is 79.9. The van der Waals surface area contributed by atoms with Crippen LogP contribution >= 0.6 is 15.9 Å². The van der Waals surface area contributed by atoms with Gasteiger partial charge in [0.25, 0.3) is 0 Å². The second-order valence-electron chi connectivity index (χ2n) is 4.19. The van der Waals surface area contributed by atoms with Gasteiger partial charge in [0.05, 0.1) is 16.9 Å². The minimum absolute atomic E-state index is 0.0620. The first-order chi connectivity index (χ1) is 11.1. The lowest BCUT2D eigenvalue weighted by molar-refractivity contribution is -0.686. The van der Waals surface area contributed by atoms with Crippen LogP contribution in [0.1, 0.15) is 0 Å². The van der Waals surface area contributed by atoms with Gasteiger partial charge in [0.15, 0.2) is 12.4 Å². The van der Waals surface area contributed by atoms with Gasteiger partial charge in [-0.05, 0) is 22.0 Å². The number of carbonyl (C=O) groups excluding carboxylic acids is 1. The largest absolute Gasteiger partial charge is 0.542 e. The Hall–Kier alpha value is -2.56. The maximum absolute atomic E-state index is 10.6. The van der Waals surface area contributed by atoms with Gasteiger partial charge >= 0.3 is 12.1 Å². The average Bonchev–Trinajstić information content (AvgIpc) is 2.47. The topological polar surface area (TPSA) is 107 Å². The first-order valence-electron chi connectivity index (χ1n) is 6.07. The summed E-state index contributed by atoms with van der Waals surface area (Å²) in [7, 11) is 0. The second-order valence-corrected chi connectivity index (χ2v) is 5.04. The van der Waals surface area contributed by atoms with Gasteiger partial charge in [-0.3, -0.25) is 0 Å². The third-order valence-corrected chi connectivity index (χ3v) is 3.05. The van der Waals surface area contributed by atoms with Crippen LogP contribution in [0, 0.1) is 0 Å². The van der Waals surface area contributed by atoms with Crippen LogP contribution in [-0.2, 0) is 16.1 Å². The van der Waals surface area contributed by atoms with Crippen molar-refractivity contribution >= 4 is 27.9 Å². The predicted octanol–water partition coefficient (Wildman–Crippen LogP) is 0.577. The van der Waals surface area contributed by atoms with Crippen LogP contribution < -0.4 is 9.67 Å². The minimum atomic E-state index is -5.19. The van der Waals surface area contributed by atoms with E-state index in [2.05, 4.69) is 26.1 Å². The standard InChI is InChI=1S/C11H8BrN3O2.C2HF3O2/c12-10-6-15(7-11(16)17)4-2-9(10)8-1-3-13-14-5-8;3-2(4,5)1(6)7/h1-6H,7H2;(H,6,7). The van der Waals surface area contributed by atoms with Gasteiger partial charge in [-0.15, -0.1) is 0 Å². The molecule has 2 heterocycles. The summed E-state index contributed by atoms with van der Waals surface area (Å²) in [5, 5.41) is 25.0. The Bertz CT molecular complexity index is 726. The number of carboxylic acids is 2. The summed E-state index contributed by atoms with van der Waals surface area (Å²) >= 11 is 3.41. The zero-order valence-electron chi connectivity index (χ0n) is 11.7. The number of carbonyl (C=O) groups is 2. The molecule has 0 radical (unpaired) electrons. The number of pyridine rings is 1. The minimum Gasteiger partial charge on any atom is -0.542 e. The van der Waals surface area contributed by atoms with E-state index in [9.17, 15) is 18.0 Å². The number of hydrogen-bond donors (Lipinski definition) is 1. The van der Waals surface area contributed by atoms with Gasteiger partial charge in [-0.1, -0.05) is 0 Å². The maximum atomic E-state index is 10.6. The Kier molecular flexibility index (Phi) is 6.77. The van der Waals surface area contributed by atoms with Gasteiger partial charge in [0.2, 0.25) is 6.54 Å². The number of halogens is 4. The van der Waals surface area contributed by atoms with Crippen molar-refractivity contribution in [1.82, 2.24) is 10.2 Å². The first kappa shape index (κ1) is 19.5. The van der Waals surface area contributed by atoms with E-state index in [4.69, 9.17) is 15.0 Å². The SMILES string of the molecule is O=C(O)C[n+]1ccc(-c2ccnnc2)c(Br)c1.O=C([O-])C(F)(F)F. The molecule has 2 aromatic heterocycles. The Balaban J connectivity index is 0.000000351. The van der Waals surface area contributed by atoms with Crippen LogP contribution in [0.2, 0.25) is 0 Å². The van der Waals surface area contributed by atoms with Crippen LogP contribution in [0.4, 0.5) is 13.2 Å². The molecule has 11 heteroatoms. The number of hydrogen-bond acceptors (Lipinski definition) is 5. The summed E-state index contributed by atoms with van der Waals surface area (Å²) in [5.74, 6) is -3.88. The average molecular weight is 408 g/mol. The van der Waals surface area contributed by atoms with Crippen molar-refractivity contribution in [3.63, 3.8) is 0 Å². The number of aliphatic carboxylic acids is 2. The van der Waals surface area contributed by atoms with Crippen molar-refractivity contribution in [2.45, 2.75) is 12.7 Å². The van der Waals surface area contributed by atoms with E-state index in [1.807, 2.05) is 12.1 Å². The van der Waals surface area contributed by atoms with Crippen LogP contribution in [0.25, 0.3) is 11.1 Å². The summed E-state index contributed by atoms with van der Waals surface area (Å²) in [5.41, 5.74) is 1.87. The van der Waals surface area contributed by atoms with Gasteiger partial charge in [0, 0.05) is 17.2 Å². The second kappa shape index (κ2) is 8.34. The molecule has 0 aromatic carbocycles. The molecule has 0 fully saturated rings. The third kappa shape index (κ3) is 6.28. The Labute approximate surface area is 141 Å². The fourth-order valence-electron chi connectivity index (χ4n) is 1.45. The van der Waals surface area contributed by atoms with Crippen molar-refractivity contribution < 1.29 is 37.5 Å². The van der Waals surface area contributed by atoms with E-state index in [0.717, 1.165) is 15.6 Å². The molecule has 0 aliphatic rings. The van der Waals surface area contributed by atoms with Gasteiger partial charge in [0.1, 0.15) is 5.97 Å². The number of carboxylic acid groups (broad SMARTS) is 2. The molecule has 2 rings (SSSR count). The quantitative estimate of drug-likeness (QED) is 0.745. The summed E-state index contributed by atoms with van der Waals surface area (Å²) in [6.45, 7) is -0.0620. The number of nitrogens with zero attached hydrogens (tertiary/aromatic N) is 3. The third-order valence-electron chi connectivity index (χ3n) is 2.41. The van der Waals surface area contributed by atoms with Crippen LogP contribution in [-0.4, -0.2) is 33.4 Å². The molecule has 0 aliphatic carbocycles. The fourth-order valence-corrected chi connectivity index (χ4v) is 2.07. The van der Waals surface area contributed by atoms with Gasteiger partial charge in [-0.2, -0.15) is 27.9 Å². The summed E-state index contributed by atoms with van der Waals surface area (Å²) < 4.78 is 34.0. The van der Waals surface area contributed by atoms with Crippen LogP contribution in [0.5, 0.6) is 0 Å². The molecule has 128 valence electrons. The van der Waals surface area contributed by atoms with E-state index in [-0.39, 0.29) is 6.54 Å². The predicted molar refractivity (Wildman–Crippen MR) is 74.1 cm³/mol. The molecule has 0 aliphatic heterocycles. The molecule has 0 saturated heterocycles. The van der Waals surface area contributed by atoms with E-state index >= 15 is 0 Å². The monoisotopic (exact) mass is 407 g/mol. The van der Waals surface area contributed by atoms with Crippen LogP contribution in [0.15, 0.2) is 41.4 Å². The van der Waals surface area contributed by atoms with Crippen molar-refractivity contribution in [1.29, 1.82) is 0 Å². The van der Waals surface area contributed by atoms with Crippen molar-refractivity contribution in [3.8, 4) is 11.1 Å². The van der Waals surface area contributed by atoms with Crippen molar-refractivity contribution in [2.24, 2.45) is 0 Å². The molecule has 7 nitrogen and oxygen atoms in total. The molecule has 0 saturated carbocycles. The fraction of sp³-hybridized carbons (Fsp3) is 0.154. The number of alkyl halides is 3. The zero-order valence-corrected chi connectivity index (χ0v) is 13.3. The highest BCUT2D eigenvalue weighted by Crippen LogP contribution is 2.25. The lowest BCUT2D eigenvalue weighted by atomic mass is 10.1.